The molecule has 3 N–H and O–H groups in total. The molecule has 6 heteroatoms. The van der Waals surface area contributed by atoms with Gasteiger partial charge in [0.15, 0.2) is 0 Å². The maximum atomic E-state index is 12.8. The number of carbonyl (C=O) groups is 1. The van der Waals surface area contributed by atoms with Gasteiger partial charge in [-0.2, -0.15) is 13.2 Å². The van der Waals surface area contributed by atoms with Crippen molar-refractivity contribution in [3.63, 3.8) is 0 Å². The van der Waals surface area contributed by atoms with Crippen LogP contribution in [0.1, 0.15) is 37.8 Å². The van der Waals surface area contributed by atoms with Gasteiger partial charge in [-0.25, -0.2) is 0 Å². The van der Waals surface area contributed by atoms with E-state index >= 15 is 0 Å². The number of anilines is 1. The average molecular weight is 288 g/mol. The molecule has 0 aliphatic carbocycles. The van der Waals surface area contributed by atoms with Crippen LogP contribution in [0.2, 0.25) is 0 Å². The third kappa shape index (κ3) is 3.72. The summed E-state index contributed by atoms with van der Waals surface area (Å²) in [7, 11) is 0. The molecule has 1 aromatic rings. The third-order valence-electron chi connectivity index (χ3n) is 3.18. The van der Waals surface area contributed by atoms with Crippen molar-refractivity contribution in [3.8, 4) is 0 Å². The van der Waals surface area contributed by atoms with E-state index in [9.17, 15) is 18.0 Å². The van der Waals surface area contributed by atoms with Crippen molar-refractivity contribution >= 4 is 11.6 Å². The number of amides is 1. The van der Waals surface area contributed by atoms with Crippen molar-refractivity contribution in [1.29, 1.82) is 0 Å². The topological polar surface area (TPSA) is 55.1 Å². The molecular weight excluding hydrogens is 269 g/mol. The molecule has 0 bridgehead atoms. The highest BCUT2D eigenvalue weighted by Crippen LogP contribution is 2.34. The van der Waals surface area contributed by atoms with Crippen LogP contribution >= 0.6 is 0 Å². The zero-order valence-corrected chi connectivity index (χ0v) is 11.8. The van der Waals surface area contributed by atoms with Gasteiger partial charge in [0.05, 0.1) is 11.1 Å². The molecule has 1 unspecified atom stereocenters. The summed E-state index contributed by atoms with van der Waals surface area (Å²) in [6.45, 7) is 4.77. The largest absolute Gasteiger partial charge is 0.416 e. The Morgan fingerprint density at radius 2 is 1.95 bits per heavy atom. The average Bonchev–Trinajstić information content (AvgIpc) is 2.30. The number of nitrogens with two attached hydrogens (primary N) is 1. The second kappa shape index (κ2) is 5.83. The SMILES string of the molecule is CCCC(C)(N)C(=O)Nc1cccc(C(F)(F)F)c1C. The van der Waals surface area contributed by atoms with E-state index in [4.69, 9.17) is 5.73 Å². The van der Waals surface area contributed by atoms with Crippen LogP contribution < -0.4 is 11.1 Å². The van der Waals surface area contributed by atoms with Gasteiger partial charge in [0, 0.05) is 5.69 Å². The zero-order chi connectivity index (χ0) is 15.6. The molecule has 0 aromatic heterocycles. The highest BCUT2D eigenvalue weighted by molar-refractivity contribution is 5.98. The van der Waals surface area contributed by atoms with Crippen molar-refractivity contribution in [3.05, 3.63) is 29.3 Å². The smallest absolute Gasteiger partial charge is 0.324 e. The van der Waals surface area contributed by atoms with Gasteiger partial charge in [0.2, 0.25) is 5.91 Å². The maximum absolute atomic E-state index is 12.8. The molecular formula is C14H19F3N2O. The van der Waals surface area contributed by atoms with E-state index < -0.39 is 23.2 Å². The van der Waals surface area contributed by atoms with Gasteiger partial charge in [-0.3, -0.25) is 4.79 Å². The van der Waals surface area contributed by atoms with Crippen molar-refractivity contribution in [2.75, 3.05) is 5.32 Å². The number of alkyl halides is 3. The summed E-state index contributed by atoms with van der Waals surface area (Å²) in [5.74, 6) is -0.484. The molecule has 0 saturated heterocycles. The lowest BCUT2D eigenvalue weighted by Crippen LogP contribution is -2.48. The first kappa shape index (κ1) is 16.5. The second-order valence-electron chi connectivity index (χ2n) is 5.10. The lowest BCUT2D eigenvalue weighted by atomic mass is 9.96. The Balaban J connectivity index is 3.03. The summed E-state index contributed by atoms with van der Waals surface area (Å²) < 4.78 is 38.4. The van der Waals surface area contributed by atoms with Crippen LogP contribution in [-0.4, -0.2) is 11.4 Å². The summed E-state index contributed by atoms with van der Waals surface area (Å²) in [5, 5.41) is 2.48. The number of halogens is 3. The Hall–Kier alpha value is -1.56. The van der Waals surface area contributed by atoms with Gasteiger partial charge in [-0.05, 0) is 38.0 Å². The molecule has 20 heavy (non-hydrogen) atoms. The molecule has 1 rings (SSSR count). The molecule has 1 aromatic carbocycles. The van der Waals surface area contributed by atoms with Gasteiger partial charge < -0.3 is 11.1 Å². The fourth-order valence-corrected chi connectivity index (χ4v) is 1.98. The Kier molecular flexibility index (Phi) is 4.81. The lowest BCUT2D eigenvalue weighted by Gasteiger charge is -2.24. The van der Waals surface area contributed by atoms with Crippen LogP contribution in [0.3, 0.4) is 0 Å². The Morgan fingerprint density at radius 1 is 1.35 bits per heavy atom. The van der Waals surface area contributed by atoms with Crippen molar-refractivity contribution in [1.82, 2.24) is 0 Å². The number of carbonyl (C=O) groups excluding carboxylic acids is 1. The van der Waals surface area contributed by atoms with E-state index in [-0.39, 0.29) is 11.3 Å². The minimum Gasteiger partial charge on any atom is -0.324 e. The highest BCUT2D eigenvalue weighted by Gasteiger charge is 2.34. The standard InChI is InChI=1S/C14H19F3N2O/c1-4-8-13(3,18)12(20)19-11-7-5-6-10(9(11)2)14(15,16)17/h5-7H,4,8,18H2,1-3H3,(H,19,20). The van der Waals surface area contributed by atoms with E-state index in [0.717, 1.165) is 6.07 Å². The minimum absolute atomic E-state index is 0.0133. The Labute approximate surface area is 116 Å². The fraction of sp³-hybridized carbons (Fsp3) is 0.500. The molecule has 0 radical (unpaired) electrons. The number of hydrogen-bond donors (Lipinski definition) is 2. The van der Waals surface area contributed by atoms with E-state index in [0.29, 0.717) is 12.8 Å². The molecule has 0 heterocycles. The number of rotatable bonds is 4. The van der Waals surface area contributed by atoms with Crippen LogP contribution in [-0.2, 0) is 11.0 Å². The zero-order valence-electron chi connectivity index (χ0n) is 11.8. The number of nitrogens with one attached hydrogen (secondary N) is 1. The van der Waals surface area contributed by atoms with E-state index in [2.05, 4.69) is 5.32 Å². The Bertz CT molecular complexity index is 496. The third-order valence-corrected chi connectivity index (χ3v) is 3.18. The van der Waals surface area contributed by atoms with Crippen LogP contribution in [0.5, 0.6) is 0 Å². The van der Waals surface area contributed by atoms with Crippen molar-refractivity contribution < 1.29 is 18.0 Å². The van der Waals surface area contributed by atoms with E-state index in [1.54, 1.807) is 6.92 Å². The summed E-state index contributed by atoms with van der Waals surface area (Å²) >= 11 is 0. The monoisotopic (exact) mass is 288 g/mol. The Morgan fingerprint density at radius 3 is 2.45 bits per heavy atom. The van der Waals surface area contributed by atoms with Gasteiger partial charge in [0.1, 0.15) is 0 Å². The quantitative estimate of drug-likeness (QED) is 0.891. The van der Waals surface area contributed by atoms with Gasteiger partial charge in [-0.15, -0.1) is 0 Å². The van der Waals surface area contributed by atoms with Crippen LogP contribution in [0.4, 0.5) is 18.9 Å². The predicted octanol–water partition coefficient (Wildman–Crippen LogP) is 3.47. The first-order chi connectivity index (χ1) is 9.09. The first-order valence-corrected chi connectivity index (χ1v) is 6.36. The molecule has 1 amide bonds. The highest BCUT2D eigenvalue weighted by atomic mass is 19.4. The summed E-state index contributed by atoms with van der Waals surface area (Å²) in [6.07, 6.45) is -3.28. The van der Waals surface area contributed by atoms with Gasteiger partial charge in [0.25, 0.3) is 0 Å². The molecule has 1 atom stereocenters. The first-order valence-electron chi connectivity index (χ1n) is 6.36. The number of benzene rings is 1. The molecule has 3 nitrogen and oxygen atoms in total. The number of hydrogen-bond acceptors (Lipinski definition) is 2. The van der Waals surface area contributed by atoms with E-state index in [1.165, 1.54) is 19.1 Å². The summed E-state index contributed by atoms with van der Waals surface area (Å²) in [6, 6.07) is 3.68. The molecule has 0 fully saturated rings. The maximum Gasteiger partial charge on any atom is 0.416 e. The molecule has 0 aliphatic heterocycles. The summed E-state index contributed by atoms with van der Waals surface area (Å²) in [5.41, 5.74) is 4.12. The van der Waals surface area contributed by atoms with Crippen molar-refractivity contribution in [2.45, 2.75) is 45.3 Å². The van der Waals surface area contributed by atoms with Gasteiger partial charge in [-0.1, -0.05) is 19.4 Å². The minimum atomic E-state index is -4.44. The van der Waals surface area contributed by atoms with Gasteiger partial charge >= 0.3 is 6.18 Å². The predicted molar refractivity (Wildman–Crippen MR) is 72.3 cm³/mol. The van der Waals surface area contributed by atoms with Crippen LogP contribution in [0, 0.1) is 6.92 Å². The molecule has 0 aliphatic rings. The molecule has 112 valence electrons. The summed E-state index contributed by atoms with van der Waals surface area (Å²) in [4.78, 5) is 12.0. The molecule has 0 spiro atoms. The van der Waals surface area contributed by atoms with Crippen molar-refractivity contribution in [2.24, 2.45) is 5.73 Å². The fourth-order valence-electron chi connectivity index (χ4n) is 1.98. The lowest BCUT2D eigenvalue weighted by molar-refractivity contribution is -0.138. The normalized spacial score (nSPS) is 14.8. The van der Waals surface area contributed by atoms with Crippen LogP contribution in [0.15, 0.2) is 18.2 Å². The second-order valence-corrected chi connectivity index (χ2v) is 5.10. The van der Waals surface area contributed by atoms with Crippen LogP contribution in [0.25, 0.3) is 0 Å². The molecule has 0 saturated carbocycles. The van der Waals surface area contributed by atoms with E-state index in [1.807, 2.05) is 6.92 Å².